The molecule has 0 aromatic heterocycles. The van der Waals surface area contributed by atoms with Crippen LogP contribution in [-0.4, -0.2) is 24.2 Å². The lowest BCUT2D eigenvalue weighted by Crippen LogP contribution is -2.42. The topological polar surface area (TPSA) is 63.6 Å². The summed E-state index contributed by atoms with van der Waals surface area (Å²) in [5, 5.41) is 9.23. The molecule has 1 aliphatic carbocycles. The van der Waals surface area contributed by atoms with Gasteiger partial charge in [-0.1, -0.05) is 13.8 Å². The van der Waals surface area contributed by atoms with Gasteiger partial charge in [0.05, 0.1) is 18.4 Å². The highest BCUT2D eigenvalue weighted by atomic mass is 16.5. The standard InChI is InChI=1S/C11H18O4/c1-10(2)7(8(12)15-4)5-6-11(10,3)9(13)14/h7H,5-6H2,1-4H3,(H,13,14)/t7-,11+/m0/s1. The minimum Gasteiger partial charge on any atom is -0.481 e. The molecule has 15 heavy (non-hydrogen) atoms. The molecule has 1 saturated carbocycles. The molecule has 86 valence electrons. The normalized spacial score (nSPS) is 33.7. The highest BCUT2D eigenvalue weighted by molar-refractivity contribution is 5.80. The highest BCUT2D eigenvalue weighted by Gasteiger charge is 2.58. The second-order valence-corrected chi connectivity index (χ2v) is 4.97. The molecule has 0 aromatic carbocycles. The molecule has 0 aliphatic heterocycles. The summed E-state index contributed by atoms with van der Waals surface area (Å²) < 4.78 is 4.71. The van der Waals surface area contributed by atoms with Gasteiger partial charge in [-0.15, -0.1) is 0 Å². The Balaban J connectivity index is 3.04. The zero-order chi connectivity index (χ0) is 11.9. The molecule has 0 bridgehead atoms. The summed E-state index contributed by atoms with van der Waals surface area (Å²) in [5.74, 6) is -1.45. The third-order valence-electron chi connectivity index (χ3n) is 4.18. The number of hydrogen-bond acceptors (Lipinski definition) is 3. The van der Waals surface area contributed by atoms with Crippen molar-refractivity contribution in [2.24, 2.45) is 16.7 Å². The molecule has 4 heteroatoms. The molecule has 0 heterocycles. The van der Waals surface area contributed by atoms with Gasteiger partial charge in [0, 0.05) is 0 Å². The second-order valence-electron chi connectivity index (χ2n) is 4.97. The van der Waals surface area contributed by atoms with Gasteiger partial charge in [0.1, 0.15) is 0 Å². The third kappa shape index (κ3) is 1.52. The van der Waals surface area contributed by atoms with Gasteiger partial charge < -0.3 is 9.84 Å². The number of ether oxygens (including phenoxy) is 1. The Morgan fingerprint density at radius 2 is 1.87 bits per heavy atom. The summed E-state index contributed by atoms with van der Waals surface area (Å²) in [4.78, 5) is 22.8. The second kappa shape index (κ2) is 3.51. The van der Waals surface area contributed by atoms with E-state index in [2.05, 4.69) is 0 Å². The number of esters is 1. The van der Waals surface area contributed by atoms with E-state index in [4.69, 9.17) is 4.74 Å². The first-order chi connectivity index (χ1) is 6.77. The molecule has 0 saturated heterocycles. The van der Waals surface area contributed by atoms with Crippen molar-refractivity contribution >= 4 is 11.9 Å². The van der Waals surface area contributed by atoms with Crippen molar-refractivity contribution in [3.63, 3.8) is 0 Å². The number of rotatable bonds is 2. The highest BCUT2D eigenvalue weighted by Crippen LogP contribution is 2.56. The summed E-state index contributed by atoms with van der Waals surface area (Å²) in [6, 6.07) is 0. The smallest absolute Gasteiger partial charge is 0.309 e. The SMILES string of the molecule is COC(=O)[C@@H]1CC[C@](C)(C(=O)O)C1(C)C. The molecular weight excluding hydrogens is 196 g/mol. The van der Waals surface area contributed by atoms with Crippen LogP contribution in [0.1, 0.15) is 33.6 Å². The Kier molecular flexibility index (Phi) is 2.81. The lowest BCUT2D eigenvalue weighted by molar-refractivity contribution is -0.159. The van der Waals surface area contributed by atoms with E-state index >= 15 is 0 Å². The Labute approximate surface area is 89.6 Å². The number of methoxy groups -OCH3 is 1. The fourth-order valence-corrected chi connectivity index (χ4v) is 2.44. The van der Waals surface area contributed by atoms with E-state index < -0.39 is 16.8 Å². The Morgan fingerprint density at radius 3 is 2.20 bits per heavy atom. The van der Waals surface area contributed by atoms with Crippen molar-refractivity contribution in [3.05, 3.63) is 0 Å². The predicted octanol–water partition coefficient (Wildman–Crippen LogP) is 1.69. The van der Waals surface area contributed by atoms with Crippen LogP contribution in [0.3, 0.4) is 0 Å². The molecule has 0 amide bonds. The maximum Gasteiger partial charge on any atom is 0.309 e. The molecule has 0 radical (unpaired) electrons. The minimum absolute atomic E-state index is 0.301. The van der Waals surface area contributed by atoms with Crippen LogP contribution in [0.2, 0.25) is 0 Å². The summed E-state index contributed by atoms with van der Waals surface area (Å²) in [6.07, 6.45) is 1.11. The first-order valence-electron chi connectivity index (χ1n) is 5.08. The van der Waals surface area contributed by atoms with Crippen LogP contribution in [0.25, 0.3) is 0 Å². The summed E-state index contributed by atoms with van der Waals surface area (Å²) in [6.45, 7) is 5.36. The van der Waals surface area contributed by atoms with Crippen molar-refractivity contribution in [1.82, 2.24) is 0 Å². The minimum atomic E-state index is -0.841. The van der Waals surface area contributed by atoms with Gasteiger partial charge in [0.25, 0.3) is 0 Å². The van der Waals surface area contributed by atoms with E-state index in [1.54, 1.807) is 6.92 Å². The number of aliphatic carboxylic acids is 1. The quantitative estimate of drug-likeness (QED) is 0.710. The molecule has 1 aliphatic rings. The largest absolute Gasteiger partial charge is 0.481 e. The lowest BCUT2D eigenvalue weighted by atomic mass is 9.66. The first-order valence-corrected chi connectivity index (χ1v) is 5.08. The Bertz CT molecular complexity index is 295. The zero-order valence-corrected chi connectivity index (χ0v) is 9.66. The maximum absolute atomic E-state index is 11.5. The molecule has 1 rings (SSSR count). The molecule has 1 fully saturated rings. The molecule has 1 N–H and O–H groups in total. The number of carboxylic acid groups (broad SMARTS) is 1. The maximum atomic E-state index is 11.5. The van der Waals surface area contributed by atoms with E-state index in [1.165, 1.54) is 7.11 Å². The monoisotopic (exact) mass is 214 g/mol. The molecule has 0 unspecified atom stereocenters. The summed E-state index contributed by atoms with van der Waals surface area (Å²) >= 11 is 0. The number of carbonyl (C=O) groups is 2. The van der Waals surface area contributed by atoms with E-state index in [1.807, 2.05) is 13.8 Å². The van der Waals surface area contributed by atoms with Crippen LogP contribution >= 0.6 is 0 Å². The molecular formula is C11H18O4. The number of carbonyl (C=O) groups excluding carboxylic acids is 1. The zero-order valence-electron chi connectivity index (χ0n) is 9.66. The van der Waals surface area contributed by atoms with Gasteiger partial charge in [-0.3, -0.25) is 9.59 Å². The van der Waals surface area contributed by atoms with Crippen molar-refractivity contribution in [3.8, 4) is 0 Å². The first kappa shape index (κ1) is 12.0. The van der Waals surface area contributed by atoms with Crippen LogP contribution < -0.4 is 0 Å². The molecule has 0 spiro atoms. The summed E-state index contributed by atoms with van der Waals surface area (Å²) in [7, 11) is 1.34. The van der Waals surface area contributed by atoms with Crippen LogP contribution in [0.15, 0.2) is 0 Å². The van der Waals surface area contributed by atoms with Crippen LogP contribution in [0.5, 0.6) is 0 Å². The fraction of sp³-hybridized carbons (Fsp3) is 0.818. The molecule has 2 atom stereocenters. The van der Waals surface area contributed by atoms with Crippen LogP contribution in [-0.2, 0) is 14.3 Å². The Hall–Kier alpha value is -1.06. The van der Waals surface area contributed by atoms with Gasteiger partial charge >= 0.3 is 11.9 Å². The van der Waals surface area contributed by atoms with E-state index in [0.717, 1.165) is 0 Å². The van der Waals surface area contributed by atoms with Gasteiger partial charge in [-0.05, 0) is 25.2 Å². The van der Waals surface area contributed by atoms with Crippen LogP contribution in [0, 0.1) is 16.7 Å². The molecule has 0 aromatic rings. The average molecular weight is 214 g/mol. The van der Waals surface area contributed by atoms with E-state index in [-0.39, 0.29) is 11.9 Å². The average Bonchev–Trinajstić information content (AvgIpc) is 2.39. The predicted molar refractivity (Wildman–Crippen MR) is 54.3 cm³/mol. The number of hydrogen-bond donors (Lipinski definition) is 1. The van der Waals surface area contributed by atoms with Gasteiger partial charge in [-0.2, -0.15) is 0 Å². The lowest BCUT2D eigenvalue weighted by Gasteiger charge is -2.37. The number of carboxylic acids is 1. The van der Waals surface area contributed by atoms with Crippen molar-refractivity contribution in [2.75, 3.05) is 7.11 Å². The molecule has 4 nitrogen and oxygen atoms in total. The van der Waals surface area contributed by atoms with Gasteiger partial charge in [0.2, 0.25) is 0 Å². The van der Waals surface area contributed by atoms with Crippen molar-refractivity contribution in [1.29, 1.82) is 0 Å². The van der Waals surface area contributed by atoms with Crippen LogP contribution in [0.4, 0.5) is 0 Å². The van der Waals surface area contributed by atoms with Crippen molar-refractivity contribution in [2.45, 2.75) is 33.6 Å². The van der Waals surface area contributed by atoms with E-state index in [0.29, 0.717) is 12.8 Å². The Morgan fingerprint density at radius 1 is 1.33 bits per heavy atom. The van der Waals surface area contributed by atoms with Gasteiger partial charge in [-0.25, -0.2) is 0 Å². The van der Waals surface area contributed by atoms with E-state index in [9.17, 15) is 14.7 Å². The fourth-order valence-electron chi connectivity index (χ4n) is 2.44. The van der Waals surface area contributed by atoms with Gasteiger partial charge in [0.15, 0.2) is 0 Å². The third-order valence-corrected chi connectivity index (χ3v) is 4.18. The summed E-state index contributed by atoms with van der Waals surface area (Å²) in [5.41, 5.74) is -1.40. The van der Waals surface area contributed by atoms with Crippen molar-refractivity contribution < 1.29 is 19.4 Å².